The Labute approximate surface area is 134 Å². The van der Waals surface area contributed by atoms with E-state index in [0.717, 1.165) is 38.4 Å². The summed E-state index contributed by atoms with van der Waals surface area (Å²) in [7, 11) is 0. The van der Waals surface area contributed by atoms with Crippen LogP contribution in [0.4, 0.5) is 0 Å². The zero-order valence-corrected chi connectivity index (χ0v) is 14.1. The lowest BCUT2D eigenvalue weighted by Gasteiger charge is -2.35. The second-order valence-electron chi connectivity index (χ2n) is 7.48. The number of phenols is 1. The summed E-state index contributed by atoms with van der Waals surface area (Å²) in [6.45, 7) is 9.18. The van der Waals surface area contributed by atoms with Crippen LogP contribution in [-0.4, -0.2) is 31.4 Å². The molecule has 1 aromatic carbocycles. The molecule has 0 aromatic heterocycles. The lowest BCUT2D eigenvalue weighted by atomic mass is 9.70. The van der Waals surface area contributed by atoms with Gasteiger partial charge in [0.15, 0.2) is 0 Å². The van der Waals surface area contributed by atoms with Crippen molar-refractivity contribution >= 4 is 0 Å². The third kappa shape index (κ3) is 3.31. The maximum absolute atomic E-state index is 10.9. The number of aromatic hydroxyl groups is 1. The van der Waals surface area contributed by atoms with Gasteiger partial charge in [0.05, 0.1) is 13.2 Å². The predicted molar refractivity (Wildman–Crippen MR) is 88.5 cm³/mol. The Morgan fingerprint density at radius 1 is 1.14 bits per heavy atom. The van der Waals surface area contributed by atoms with Crippen LogP contribution in [0, 0.1) is 6.92 Å². The fourth-order valence-corrected chi connectivity index (χ4v) is 4.16. The monoisotopic (exact) mass is 304 g/mol. The van der Waals surface area contributed by atoms with Gasteiger partial charge in [0.2, 0.25) is 0 Å². The summed E-state index contributed by atoms with van der Waals surface area (Å²) in [6, 6.07) is 4.40. The Kier molecular flexibility index (Phi) is 4.74. The van der Waals surface area contributed by atoms with Gasteiger partial charge in [0.25, 0.3) is 0 Å². The summed E-state index contributed by atoms with van der Waals surface area (Å²) in [4.78, 5) is 1.52. The van der Waals surface area contributed by atoms with Gasteiger partial charge in [-0.2, -0.15) is 0 Å². The Bertz CT molecular complexity index is 514. The van der Waals surface area contributed by atoms with Crippen molar-refractivity contribution in [3.8, 4) is 5.75 Å². The number of benzene rings is 1. The molecular weight excluding hydrogens is 274 g/mol. The van der Waals surface area contributed by atoms with Gasteiger partial charge in [-0.15, -0.1) is 0 Å². The van der Waals surface area contributed by atoms with E-state index < -0.39 is 0 Å². The van der Waals surface area contributed by atoms with Crippen LogP contribution in [0.3, 0.4) is 0 Å². The fraction of sp³-hybridized carbons (Fsp3) is 0.684. The largest absolute Gasteiger partial charge is 0.507 e. The van der Waals surface area contributed by atoms with Crippen LogP contribution in [0.5, 0.6) is 5.75 Å². The summed E-state index contributed by atoms with van der Waals surface area (Å²) in [5.41, 5.74) is 3.75. The van der Waals surface area contributed by atoms with E-state index in [-0.39, 0.29) is 5.41 Å². The molecule has 0 amide bonds. The summed E-state index contributed by atoms with van der Waals surface area (Å²) in [5, 5.41) is 10.9. The quantitative estimate of drug-likeness (QED) is 0.899. The highest BCUT2D eigenvalue weighted by Gasteiger charge is 2.32. The number of hydrogen-bond donors (Lipinski definition) is 2. The molecule has 0 radical (unpaired) electrons. The molecule has 1 heterocycles. The van der Waals surface area contributed by atoms with Gasteiger partial charge in [-0.1, -0.05) is 37.8 Å². The molecule has 2 N–H and O–H groups in total. The normalized spacial score (nSPS) is 22.6. The smallest absolute Gasteiger partial charge is 0.128 e. The third-order valence-corrected chi connectivity index (χ3v) is 5.58. The molecule has 1 aliphatic heterocycles. The van der Waals surface area contributed by atoms with E-state index in [9.17, 15) is 5.11 Å². The molecule has 3 heteroatoms. The van der Waals surface area contributed by atoms with Crippen LogP contribution in [-0.2, 0) is 16.7 Å². The first kappa shape index (κ1) is 15.8. The van der Waals surface area contributed by atoms with Gasteiger partial charge >= 0.3 is 0 Å². The zero-order valence-electron chi connectivity index (χ0n) is 14.1. The number of nitrogens with one attached hydrogen (secondary N) is 1. The third-order valence-electron chi connectivity index (χ3n) is 5.58. The number of phenolic OH excluding ortho intramolecular Hbond substituents is 1. The first-order chi connectivity index (χ1) is 10.6. The van der Waals surface area contributed by atoms with Crippen LogP contribution in [0.1, 0.15) is 55.7 Å². The van der Waals surface area contributed by atoms with Gasteiger partial charge < -0.3 is 14.7 Å². The summed E-state index contributed by atoms with van der Waals surface area (Å²) in [6.07, 6.45) is 6.32. The van der Waals surface area contributed by atoms with Crippen molar-refractivity contribution in [2.45, 2.75) is 57.9 Å². The number of aryl methyl sites for hydroxylation is 1. The standard InChI is InChI=1S/C19H29NO2/c1-15-12-16(14-20-8-10-22-11-9-20)18(21)17(13-15)19(2)6-4-3-5-7-19/h12-13,21H,3-11,14H2,1-2H3/p+1. The first-order valence-electron chi connectivity index (χ1n) is 8.83. The average molecular weight is 304 g/mol. The molecule has 0 unspecified atom stereocenters. The zero-order chi connectivity index (χ0) is 15.6. The molecule has 3 rings (SSSR count). The highest BCUT2D eigenvalue weighted by Crippen LogP contribution is 2.44. The molecule has 1 aromatic rings. The predicted octanol–water partition coefficient (Wildman–Crippen LogP) is 2.34. The summed E-state index contributed by atoms with van der Waals surface area (Å²) < 4.78 is 5.44. The molecule has 3 nitrogen and oxygen atoms in total. The van der Waals surface area contributed by atoms with Crippen LogP contribution in [0.2, 0.25) is 0 Å². The highest BCUT2D eigenvalue weighted by molar-refractivity contribution is 5.47. The van der Waals surface area contributed by atoms with Crippen molar-refractivity contribution in [2.24, 2.45) is 0 Å². The topological polar surface area (TPSA) is 33.9 Å². The van der Waals surface area contributed by atoms with Crippen LogP contribution >= 0.6 is 0 Å². The summed E-state index contributed by atoms with van der Waals surface area (Å²) >= 11 is 0. The van der Waals surface area contributed by atoms with E-state index in [2.05, 4.69) is 26.0 Å². The van der Waals surface area contributed by atoms with Crippen molar-refractivity contribution in [2.75, 3.05) is 26.3 Å². The number of ether oxygens (including phenoxy) is 1. The van der Waals surface area contributed by atoms with Crippen molar-refractivity contribution in [3.05, 3.63) is 28.8 Å². The fourth-order valence-electron chi connectivity index (χ4n) is 4.16. The van der Waals surface area contributed by atoms with Gasteiger partial charge in [0.1, 0.15) is 25.4 Å². The Morgan fingerprint density at radius 3 is 2.50 bits per heavy atom. The molecular formula is C19H30NO2+. The van der Waals surface area contributed by atoms with Crippen molar-refractivity contribution in [3.63, 3.8) is 0 Å². The maximum atomic E-state index is 10.9. The van der Waals surface area contributed by atoms with Gasteiger partial charge in [-0.3, -0.25) is 0 Å². The van der Waals surface area contributed by atoms with Crippen LogP contribution < -0.4 is 4.90 Å². The van der Waals surface area contributed by atoms with E-state index in [0.29, 0.717) is 5.75 Å². The minimum Gasteiger partial charge on any atom is -0.507 e. The lowest BCUT2D eigenvalue weighted by Crippen LogP contribution is -3.12. The molecule has 0 spiro atoms. The lowest BCUT2D eigenvalue weighted by molar-refractivity contribution is -0.921. The van der Waals surface area contributed by atoms with Gasteiger partial charge in [0, 0.05) is 11.1 Å². The molecule has 0 atom stereocenters. The van der Waals surface area contributed by atoms with Crippen molar-refractivity contribution in [1.82, 2.24) is 0 Å². The van der Waals surface area contributed by atoms with Gasteiger partial charge in [-0.05, 0) is 31.2 Å². The highest BCUT2D eigenvalue weighted by atomic mass is 16.5. The Balaban J connectivity index is 1.87. The molecule has 2 fully saturated rings. The second kappa shape index (κ2) is 6.59. The van der Waals surface area contributed by atoms with Gasteiger partial charge in [-0.25, -0.2) is 0 Å². The van der Waals surface area contributed by atoms with Crippen LogP contribution in [0.15, 0.2) is 12.1 Å². The maximum Gasteiger partial charge on any atom is 0.128 e. The Hall–Kier alpha value is -1.06. The van der Waals surface area contributed by atoms with E-state index in [1.54, 1.807) is 0 Å². The number of morpholine rings is 1. The molecule has 0 bridgehead atoms. The minimum absolute atomic E-state index is 0.156. The number of hydrogen-bond acceptors (Lipinski definition) is 2. The van der Waals surface area contributed by atoms with E-state index in [1.807, 2.05) is 0 Å². The Morgan fingerprint density at radius 2 is 1.82 bits per heavy atom. The summed E-state index contributed by atoms with van der Waals surface area (Å²) in [5.74, 6) is 0.564. The molecule has 122 valence electrons. The minimum atomic E-state index is 0.156. The number of rotatable bonds is 3. The van der Waals surface area contributed by atoms with Crippen LogP contribution in [0.25, 0.3) is 0 Å². The molecule has 1 saturated carbocycles. The number of quaternary nitrogens is 1. The van der Waals surface area contributed by atoms with E-state index in [4.69, 9.17) is 4.74 Å². The average Bonchev–Trinajstić information content (AvgIpc) is 2.52. The van der Waals surface area contributed by atoms with Crippen molar-refractivity contribution < 1.29 is 14.7 Å². The van der Waals surface area contributed by atoms with E-state index >= 15 is 0 Å². The second-order valence-corrected chi connectivity index (χ2v) is 7.48. The molecule has 1 saturated heterocycles. The van der Waals surface area contributed by atoms with Crippen molar-refractivity contribution in [1.29, 1.82) is 0 Å². The SMILES string of the molecule is Cc1cc(C[NH+]2CCOCC2)c(O)c(C2(C)CCCCC2)c1. The van der Waals surface area contributed by atoms with E-state index in [1.165, 1.54) is 48.1 Å². The molecule has 1 aliphatic carbocycles. The molecule has 22 heavy (non-hydrogen) atoms. The first-order valence-corrected chi connectivity index (χ1v) is 8.83. The molecule has 2 aliphatic rings.